The molecule has 0 bridgehead atoms. The molecule has 1 atom stereocenters. The monoisotopic (exact) mass is 517 g/mol. The number of aryl methyl sites for hydroxylation is 1. The van der Waals surface area contributed by atoms with Gasteiger partial charge in [-0.25, -0.2) is 4.98 Å². The van der Waals surface area contributed by atoms with Crippen LogP contribution in [0.4, 0.5) is 5.00 Å². The highest BCUT2D eigenvalue weighted by Gasteiger charge is 2.35. The molecule has 3 aromatic heterocycles. The number of nitrogens with two attached hydrogens (primary N) is 1. The van der Waals surface area contributed by atoms with E-state index < -0.39 is 5.91 Å². The van der Waals surface area contributed by atoms with E-state index in [1.165, 1.54) is 21.1 Å². The van der Waals surface area contributed by atoms with Crippen LogP contribution >= 0.6 is 22.7 Å². The molecule has 3 heterocycles. The number of hydrogen-bond donors (Lipinski definition) is 2. The van der Waals surface area contributed by atoms with Crippen LogP contribution in [0.2, 0.25) is 0 Å². The van der Waals surface area contributed by atoms with Gasteiger partial charge in [-0.3, -0.25) is 9.59 Å². The predicted octanol–water partition coefficient (Wildman–Crippen LogP) is 7.23. The van der Waals surface area contributed by atoms with E-state index in [0.29, 0.717) is 22.0 Å². The lowest BCUT2D eigenvalue weighted by Crippen LogP contribution is -2.29. The summed E-state index contributed by atoms with van der Waals surface area (Å²) < 4.78 is 0. The molecule has 0 spiro atoms. The third kappa shape index (κ3) is 4.46. The molecule has 5 nitrogen and oxygen atoms in total. The van der Waals surface area contributed by atoms with Crippen molar-refractivity contribution in [2.75, 3.05) is 5.32 Å². The average molecular weight is 518 g/mol. The van der Waals surface area contributed by atoms with Gasteiger partial charge in [-0.1, -0.05) is 45.4 Å². The highest BCUT2D eigenvalue weighted by Crippen LogP contribution is 2.45. The molecule has 1 aromatic carbocycles. The van der Waals surface area contributed by atoms with Crippen LogP contribution < -0.4 is 11.1 Å². The van der Waals surface area contributed by atoms with Crippen molar-refractivity contribution in [2.24, 2.45) is 17.1 Å². The van der Waals surface area contributed by atoms with Gasteiger partial charge in [0.25, 0.3) is 11.8 Å². The number of carbonyl (C=O) groups is 2. The van der Waals surface area contributed by atoms with E-state index in [2.05, 4.69) is 39.1 Å². The third-order valence-corrected chi connectivity index (χ3v) is 9.90. The summed E-state index contributed by atoms with van der Waals surface area (Å²) in [6.45, 7) is 8.92. The van der Waals surface area contributed by atoms with E-state index in [-0.39, 0.29) is 11.3 Å². The van der Waals surface area contributed by atoms with Crippen LogP contribution in [0.3, 0.4) is 0 Å². The summed E-state index contributed by atoms with van der Waals surface area (Å²) in [5, 5.41) is 4.40. The van der Waals surface area contributed by atoms with Crippen LogP contribution in [-0.2, 0) is 12.8 Å². The first-order chi connectivity index (χ1) is 17.2. The van der Waals surface area contributed by atoms with E-state index in [1.54, 1.807) is 11.3 Å². The predicted molar refractivity (Wildman–Crippen MR) is 150 cm³/mol. The third-order valence-electron chi connectivity index (χ3n) is 7.71. The van der Waals surface area contributed by atoms with Gasteiger partial charge in [0.15, 0.2) is 0 Å². The van der Waals surface area contributed by atoms with Gasteiger partial charge >= 0.3 is 0 Å². The molecule has 0 saturated heterocycles. The number of thiophene rings is 2. The zero-order valence-corrected chi connectivity index (χ0v) is 22.7. The topological polar surface area (TPSA) is 85.1 Å². The van der Waals surface area contributed by atoms with Crippen LogP contribution in [0.5, 0.6) is 0 Å². The fourth-order valence-corrected chi connectivity index (χ4v) is 7.28. The molecule has 5 rings (SSSR count). The quantitative estimate of drug-likeness (QED) is 0.283. The number of hydrogen-bond acceptors (Lipinski definition) is 5. The minimum Gasteiger partial charge on any atom is -0.365 e. The Hall–Kier alpha value is -3.03. The second-order valence-electron chi connectivity index (χ2n) is 10.3. The first kappa shape index (κ1) is 24.7. The number of fused-ring (bicyclic) bond motifs is 2. The molecular weight excluding hydrogens is 486 g/mol. The highest BCUT2D eigenvalue weighted by atomic mass is 32.1. The molecule has 1 aliphatic carbocycles. The molecule has 0 aliphatic heterocycles. The van der Waals surface area contributed by atoms with Crippen molar-refractivity contribution in [1.82, 2.24) is 4.98 Å². The van der Waals surface area contributed by atoms with Crippen molar-refractivity contribution in [2.45, 2.75) is 53.4 Å². The largest absolute Gasteiger partial charge is 0.365 e. The summed E-state index contributed by atoms with van der Waals surface area (Å²) in [4.78, 5) is 34.4. The summed E-state index contributed by atoms with van der Waals surface area (Å²) in [5.74, 6) is -0.195. The Morgan fingerprint density at radius 2 is 1.94 bits per heavy atom. The fourth-order valence-electron chi connectivity index (χ4n) is 5.12. The van der Waals surface area contributed by atoms with Gasteiger partial charge in [0.05, 0.1) is 27.2 Å². The second-order valence-corrected chi connectivity index (χ2v) is 12.7. The maximum Gasteiger partial charge on any atom is 0.257 e. The van der Waals surface area contributed by atoms with Gasteiger partial charge in [-0.05, 0) is 67.3 Å². The Bertz CT molecular complexity index is 1480. The van der Waals surface area contributed by atoms with E-state index in [4.69, 9.17) is 10.7 Å². The smallest absolute Gasteiger partial charge is 0.257 e. The molecule has 36 heavy (non-hydrogen) atoms. The normalized spacial score (nSPS) is 15.6. The molecular formula is C29H31N3O2S2. The lowest BCUT2D eigenvalue weighted by molar-refractivity contribution is 0.0999. The Morgan fingerprint density at radius 3 is 2.64 bits per heavy atom. The standard InChI is InChI=1S/C29H31N3O2S2/c1-5-29(3,4)17-11-12-19-24(14-17)36-28(25(19)26(30)33)32-27(34)20-15-22(23-13-10-16(2)35-23)31-21-9-7-6-8-18(20)21/h6-10,13,15,17H,5,11-12,14H2,1-4H3,(H2,30,33)(H,32,34)/t17-/m1/s1. The average Bonchev–Trinajstić information content (AvgIpc) is 3.45. The Balaban J connectivity index is 1.53. The highest BCUT2D eigenvalue weighted by molar-refractivity contribution is 7.17. The molecule has 7 heteroatoms. The lowest BCUT2D eigenvalue weighted by Gasteiger charge is -2.36. The van der Waals surface area contributed by atoms with Crippen molar-refractivity contribution in [1.29, 1.82) is 0 Å². The Morgan fingerprint density at radius 1 is 1.17 bits per heavy atom. The van der Waals surface area contributed by atoms with Gasteiger partial charge in [0, 0.05) is 15.1 Å². The van der Waals surface area contributed by atoms with Crippen molar-refractivity contribution in [3.8, 4) is 10.6 Å². The van der Waals surface area contributed by atoms with Crippen molar-refractivity contribution in [3.05, 3.63) is 68.9 Å². The number of amides is 2. The summed E-state index contributed by atoms with van der Waals surface area (Å²) in [7, 11) is 0. The fraction of sp³-hybridized carbons (Fsp3) is 0.345. The number of carbonyl (C=O) groups excluding carboxylic acids is 2. The maximum absolute atomic E-state index is 13.7. The summed E-state index contributed by atoms with van der Waals surface area (Å²) >= 11 is 3.16. The number of aromatic nitrogens is 1. The van der Waals surface area contributed by atoms with Crippen LogP contribution in [0.25, 0.3) is 21.5 Å². The molecule has 0 saturated carbocycles. The Kier molecular flexibility index (Phi) is 6.47. The van der Waals surface area contributed by atoms with Crippen molar-refractivity contribution >= 4 is 50.4 Å². The number of rotatable bonds is 6. The molecule has 0 fully saturated rings. The Labute approximate surface area is 219 Å². The number of nitrogens with one attached hydrogen (secondary N) is 1. The number of benzene rings is 1. The summed E-state index contributed by atoms with van der Waals surface area (Å²) in [6.07, 6.45) is 3.86. The van der Waals surface area contributed by atoms with E-state index in [9.17, 15) is 9.59 Å². The lowest BCUT2D eigenvalue weighted by atomic mass is 9.69. The van der Waals surface area contributed by atoms with Crippen LogP contribution in [0.1, 0.15) is 69.6 Å². The molecule has 1 aliphatic rings. The van der Waals surface area contributed by atoms with Crippen LogP contribution in [0.15, 0.2) is 42.5 Å². The zero-order chi connectivity index (χ0) is 25.6. The van der Waals surface area contributed by atoms with Crippen molar-refractivity contribution in [3.63, 3.8) is 0 Å². The summed E-state index contributed by atoms with van der Waals surface area (Å²) in [6, 6.07) is 13.6. The van der Waals surface area contributed by atoms with Crippen molar-refractivity contribution < 1.29 is 9.59 Å². The number of pyridine rings is 1. The number of anilines is 1. The van der Waals surface area contributed by atoms with E-state index in [0.717, 1.165) is 52.7 Å². The summed E-state index contributed by atoms with van der Waals surface area (Å²) in [5.41, 5.74) is 9.62. The molecule has 2 amide bonds. The molecule has 186 valence electrons. The molecule has 3 N–H and O–H groups in total. The van der Waals surface area contributed by atoms with Gasteiger partial charge in [0.1, 0.15) is 5.00 Å². The van der Waals surface area contributed by atoms with Gasteiger partial charge in [0.2, 0.25) is 0 Å². The zero-order valence-electron chi connectivity index (χ0n) is 21.1. The number of para-hydroxylation sites is 1. The number of nitrogens with zero attached hydrogens (tertiary/aromatic N) is 1. The number of primary amides is 1. The SMILES string of the molecule is CCC(C)(C)[C@@H]1CCc2c(sc(NC(=O)c3cc(-c4ccc(C)s4)nc4ccccc34)c2C(N)=O)C1. The van der Waals surface area contributed by atoms with Gasteiger partial charge in [-0.2, -0.15) is 0 Å². The minimum atomic E-state index is -0.481. The minimum absolute atomic E-state index is 0.227. The van der Waals surface area contributed by atoms with E-state index >= 15 is 0 Å². The van der Waals surface area contributed by atoms with Crippen LogP contribution in [0, 0.1) is 18.3 Å². The molecule has 4 aromatic rings. The molecule has 0 unspecified atom stereocenters. The first-order valence-electron chi connectivity index (χ1n) is 12.4. The maximum atomic E-state index is 13.7. The van der Waals surface area contributed by atoms with Gasteiger partial charge in [-0.15, -0.1) is 22.7 Å². The van der Waals surface area contributed by atoms with Crippen LogP contribution in [-0.4, -0.2) is 16.8 Å². The first-order valence-corrected chi connectivity index (χ1v) is 14.0. The van der Waals surface area contributed by atoms with E-state index in [1.807, 2.05) is 36.4 Å². The van der Waals surface area contributed by atoms with Gasteiger partial charge < -0.3 is 11.1 Å². The second kappa shape index (κ2) is 9.45. The molecule has 0 radical (unpaired) electrons.